The number of para-hydroxylation sites is 1. The number of hydrogen-bond donors (Lipinski definition) is 4. The van der Waals surface area contributed by atoms with Gasteiger partial charge in [-0.1, -0.05) is 24.8 Å². The van der Waals surface area contributed by atoms with Crippen LogP contribution >= 0.6 is 11.8 Å². The normalized spacial score (nSPS) is 13.7. The second-order valence-electron chi connectivity index (χ2n) is 7.08. The van der Waals surface area contributed by atoms with E-state index in [0.29, 0.717) is 18.5 Å². The fraction of sp³-hybridized carbons (Fsp3) is 0.524. The van der Waals surface area contributed by atoms with Crippen molar-refractivity contribution in [2.75, 3.05) is 43.2 Å². The smallest absolute Gasteiger partial charge is 0.319 e. The highest BCUT2D eigenvalue weighted by Gasteiger charge is 2.35. The molecule has 8 nitrogen and oxygen atoms in total. The summed E-state index contributed by atoms with van der Waals surface area (Å²) in [6, 6.07) is 8.94. The standard InChI is InChI=1S/C21H32N2O6S/c1-16(2)18(25)29-15-21(3,14-24)19(26)28-11-7-12-30-13-10-22-20(27)23-17-8-5-4-6-9-17/h4-6,8-9,18,24-25H,1,7,10-15H2,2-3H3,(H2,22,23,27). The van der Waals surface area contributed by atoms with Crippen LogP contribution in [0.1, 0.15) is 20.3 Å². The lowest BCUT2D eigenvalue weighted by Gasteiger charge is -2.26. The molecule has 1 aromatic rings. The summed E-state index contributed by atoms with van der Waals surface area (Å²) in [6.45, 7) is 6.78. The maximum Gasteiger partial charge on any atom is 0.319 e. The van der Waals surface area contributed by atoms with E-state index in [1.165, 1.54) is 6.92 Å². The largest absolute Gasteiger partial charge is 0.465 e. The molecule has 0 fully saturated rings. The number of aliphatic hydroxyl groups is 2. The lowest BCUT2D eigenvalue weighted by atomic mass is 9.93. The zero-order valence-corrected chi connectivity index (χ0v) is 18.4. The average molecular weight is 441 g/mol. The van der Waals surface area contributed by atoms with Crippen molar-refractivity contribution in [2.45, 2.75) is 26.6 Å². The first-order valence-corrected chi connectivity index (χ1v) is 10.8. The predicted octanol–water partition coefficient (Wildman–Crippen LogP) is 2.38. The van der Waals surface area contributed by atoms with Gasteiger partial charge in [0.1, 0.15) is 5.41 Å². The third kappa shape index (κ3) is 10.1. The Morgan fingerprint density at radius 2 is 1.97 bits per heavy atom. The van der Waals surface area contributed by atoms with Gasteiger partial charge in [0.25, 0.3) is 0 Å². The maximum absolute atomic E-state index is 12.2. The molecule has 0 saturated carbocycles. The molecule has 168 valence electrons. The third-order valence-electron chi connectivity index (χ3n) is 4.05. The summed E-state index contributed by atoms with van der Waals surface area (Å²) in [5.41, 5.74) is -0.105. The molecule has 0 aliphatic heterocycles. The van der Waals surface area contributed by atoms with Gasteiger partial charge in [-0.3, -0.25) is 4.79 Å². The molecule has 2 atom stereocenters. The molecule has 0 heterocycles. The molecule has 0 aliphatic rings. The van der Waals surface area contributed by atoms with Crippen LogP contribution in [0.15, 0.2) is 42.5 Å². The van der Waals surface area contributed by atoms with E-state index in [2.05, 4.69) is 17.2 Å². The Morgan fingerprint density at radius 1 is 1.27 bits per heavy atom. The lowest BCUT2D eigenvalue weighted by molar-refractivity contribution is -0.169. The summed E-state index contributed by atoms with van der Waals surface area (Å²) < 4.78 is 10.4. The first-order chi connectivity index (χ1) is 14.3. The number of hydrogen-bond acceptors (Lipinski definition) is 7. The van der Waals surface area contributed by atoms with E-state index in [1.54, 1.807) is 18.7 Å². The Bertz CT molecular complexity index is 673. The van der Waals surface area contributed by atoms with Gasteiger partial charge in [-0.2, -0.15) is 11.8 Å². The minimum absolute atomic E-state index is 0.179. The SMILES string of the molecule is C=C(C)C(O)OCC(C)(CO)C(=O)OCCCSCCNC(=O)Nc1ccccc1. The lowest BCUT2D eigenvalue weighted by Crippen LogP contribution is -2.39. The number of benzene rings is 1. The van der Waals surface area contributed by atoms with Crippen molar-refractivity contribution in [3.8, 4) is 0 Å². The van der Waals surface area contributed by atoms with Gasteiger partial charge in [0, 0.05) is 18.0 Å². The number of carbonyl (C=O) groups excluding carboxylic acids is 2. The topological polar surface area (TPSA) is 117 Å². The van der Waals surface area contributed by atoms with E-state index >= 15 is 0 Å². The maximum atomic E-state index is 12.2. The second kappa shape index (κ2) is 14.0. The van der Waals surface area contributed by atoms with Gasteiger partial charge in [0.15, 0.2) is 6.29 Å². The van der Waals surface area contributed by atoms with E-state index in [0.717, 1.165) is 17.2 Å². The van der Waals surface area contributed by atoms with Crippen molar-refractivity contribution >= 4 is 29.4 Å². The van der Waals surface area contributed by atoms with Crippen LogP contribution in [0.5, 0.6) is 0 Å². The highest BCUT2D eigenvalue weighted by atomic mass is 32.2. The monoisotopic (exact) mass is 440 g/mol. The second-order valence-corrected chi connectivity index (χ2v) is 8.30. The number of ether oxygens (including phenoxy) is 2. The van der Waals surface area contributed by atoms with Crippen molar-refractivity contribution in [3.63, 3.8) is 0 Å². The van der Waals surface area contributed by atoms with E-state index in [4.69, 9.17) is 9.47 Å². The number of carbonyl (C=O) groups is 2. The number of thioether (sulfide) groups is 1. The number of nitrogens with one attached hydrogen (secondary N) is 2. The molecule has 30 heavy (non-hydrogen) atoms. The van der Waals surface area contributed by atoms with Crippen molar-refractivity contribution in [3.05, 3.63) is 42.5 Å². The van der Waals surface area contributed by atoms with Gasteiger partial charge < -0.3 is 30.3 Å². The Morgan fingerprint density at radius 3 is 2.60 bits per heavy atom. The van der Waals surface area contributed by atoms with Crippen LogP contribution in [-0.2, 0) is 14.3 Å². The third-order valence-corrected chi connectivity index (χ3v) is 5.12. The molecular weight excluding hydrogens is 408 g/mol. The van der Waals surface area contributed by atoms with Crippen LogP contribution in [0.25, 0.3) is 0 Å². The van der Waals surface area contributed by atoms with Gasteiger partial charge in [-0.15, -0.1) is 0 Å². The molecule has 0 radical (unpaired) electrons. The van der Waals surface area contributed by atoms with Crippen LogP contribution in [0.3, 0.4) is 0 Å². The van der Waals surface area contributed by atoms with E-state index in [-0.39, 0.29) is 19.2 Å². The fourth-order valence-electron chi connectivity index (χ4n) is 2.11. The zero-order valence-electron chi connectivity index (χ0n) is 17.6. The van der Waals surface area contributed by atoms with Crippen LogP contribution in [0.2, 0.25) is 0 Å². The van der Waals surface area contributed by atoms with Crippen molar-refractivity contribution in [2.24, 2.45) is 5.41 Å². The van der Waals surface area contributed by atoms with Crippen molar-refractivity contribution < 1.29 is 29.3 Å². The minimum Gasteiger partial charge on any atom is -0.465 e. The summed E-state index contributed by atoms with van der Waals surface area (Å²) in [6.07, 6.45) is -0.549. The number of esters is 1. The number of anilines is 1. The van der Waals surface area contributed by atoms with Crippen LogP contribution in [-0.4, -0.2) is 66.4 Å². The molecule has 2 amide bonds. The first-order valence-electron chi connectivity index (χ1n) is 9.69. The number of urea groups is 1. The highest BCUT2D eigenvalue weighted by molar-refractivity contribution is 7.99. The van der Waals surface area contributed by atoms with Gasteiger partial charge >= 0.3 is 12.0 Å². The molecule has 4 N–H and O–H groups in total. The Hall–Kier alpha value is -2.07. The van der Waals surface area contributed by atoms with Crippen LogP contribution in [0.4, 0.5) is 10.5 Å². The molecule has 2 unspecified atom stereocenters. The molecule has 0 saturated heterocycles. The Labute approximate surface area is 182 Å². The molecule has 0 aliphatic carbocycles. The van der Waals surface area contributed by atoms with Crippen molar-refractivity contribution in [1.29, 1.82) is 0 Å². The zero-order chi connectivity index (χ0) is 22.4. The first kappa shape index (κ1) is 26.0. The highest BCUT2D eigenvalue weighted by Crippen LogP contribution is 2.20. The number of amides is 2. The Kier molecular flexibility index (Phi) is 12.1. The summed E-state index contributed by atoms with van der Waals surface area (Å²) in [5, 5.41) is 24.6. The Balaban J connectivity index is 2.12. The molecule has 1 aromatic carbocycles. The van der Waals surface area contributed by atoms with Crippen LogP contribution in [0, 0.1) is 5.41 Å². The summed E-state index contributed by atoms with van der Waals surface area (Å²) in [4.78, 5) is 23.9. The number of rotatable bonds is 14. The minimum atomic E-state index is -1.25. The predicted molar refractivity (Wildman–Crippen MR) is 118 cm³/mol. The van der Waals surface area contributed by atoms with E-state index < -0.39 is 24.3 Å². The molecule has 0 bridgehead atoms. The molecule has 1 rings (SSSR count). The molecule has 9 heteroatoms. The van der Waals surface area contributed by atoms with Crippen LogP contribution < -0.4 is 10.6 Å². The molecule has 0 aromatic heterocycles. The summed E-state index contributed by atoms with van der Waals surface area (Å²) in [7, 11) is 0. The van der Waals surface area contributed by atoms with Gasteiger partial charge in [-0.05, 0) is 43.7 Å². The van der Waals surface area contributed by atoms with Crippen molar-refractivity contribution in [1.82, 2.24) is 5.32 Å². The van der Waals surface area contributed by atoms with Gasteiger partial charge in [0.2, 0.25) is 0 Å². The van der Waals surface area contributed by atoms with Gasteiger partial charge in [0.05, 0.1) is 19.8 Å². The van der Waals surface area contributed by atoms with E-state index in [1.807, 2.05) is 30.3 Å². The molecule has 0 spiro atoms. The van der Waals surface area contributed by atoms with Gasteiger partial charge in [-0.25, -0.2) is 4.79 Å². The summed E-state index contributed by atoms with van der Waals surface area (Å²) in [5.74, 6) is 0.913. The molecular formula is C21H32N2O6S. The quantitative estimate of drug-likeness (QED) is 0.152. The number of aliphatic hydroxyl groups excluding tert-OH is 2. The fourth-order valence-corrected chi connectivity index (χ4v) is 2.88. The summed E-state index contributed by atoms with van der Waals surface area (Å²) >= 11 is 1.63. The average Bonchev–Trinajstić information content (AvgIpc) is 2.73. The van der Waals surface area contributed by atoms with E-state index in [9.17, 15) is 19.8 Å².